The summed E-state index contributed by atoms with van der Waals surface area (Å²) in [6, 6.07) is 3.33. The largest absolute Gasteiger partial charge is 0.489 e. The standard InChI is InChI=1S/C16H16ClNO6/c17-11-6-10(7-12-16(11)23-5-1-4-22-12)9-24-15(21)8-18-13(19)2-3-14(18)20/h6-7H,1-5,8-9H2. The van der Waals surface area contributed by atoms with Gasteiger partial charge in [0, 0.05) is 19.3 Å². The second-order valence-corrected chi connectivity index (χ2v) is 5.90. The van der Waals surface area contributed by atoms with Crippen LogP contribution >= 0.6 is 11.6 Å². The average Bonchev–Trinajstić information content (AvgIpc) is 2.77. The van der Waals surface area contributed by atoms with Gasteiger partial charge in [-0.25, -0.2) is 0 Å². The summed E-state index contributed by atoms with van der Waals surface area (Å²) in [5.74, 6) is -0.360. The second kappa shape index (κ2) is 7.09. The van der Waals surface area contributed by atoms with E-state index in [2.05, 4.69) is 0 Å². The number of benzene rings is 1. The fourth-order valence-electron chi connectivity index (χ4n) is 2.51. The van der Waals surface area contributed by atoms with Gasteiger partial charge in [0.05, 0.1) is 18.2 Å². The predicted molar refractivity (Wildman–Crippen MR) is 82.8 cm³/mol. The number of likely N-dealkylation sites (tertiary alicyclic amines) is 1. The van der Waals surface area contributed by atoms with E-state index in [-0.39, 0.29) is 37.8 Å². The molecule has 0 aromatic heterocycles. The molecule has 0 spiro atoms. The van der Waals surface area contributed by atoms with Gasteiger partial charge < -0.3 is 14.2 Å². The number of hydrogen-bond donors (Lipinski definition) is 0. The summed E-state index contributed by atoms with van der Waals surface area (Å²) in [6.07, 6.45) is 1.04. The minimum Gasteiger partial charge on any atom is -0.489 e. The maximum atomic E-state index is 11.8. The lowest BCUT2D eigenvalue weighted by Crippen LogP contribution is -2.35. The van der Waals surface area contributed by atoms with E-state index >= 15 is 0 Å². The summed E-state index contributed by atoms with van der Waals surface area (Å²) in [4.78, 5) is 35.7. The minimum absolute atomic E-state index is 0.0363. The highest BCUT2D eigenvalue weighted by molar-refractivity contribution is 6.32. The van der Waals surface area contributed by atoms with Crippen LogP contribution in [0.1, 0.15) is 24.8 Å². The number of nitrogens with zero attached hydrogens (tertiary/aromatic N) is 1. The van der Waals surface area contributed by atoms with Crippen LogP contribution in [-0.4, -0.2) is 42.4 Å². The Kier molecular flexibility index (Phi) is 4.89. The molecule has 1 aromatic rings. The van der Waals surface area contributed by atoms with Gasteiger partial charge in [-0.1, -0.05) is 11.6 Å². The molecule has 0 N–H and O–H groups in total. The molecule has 2 aliphatic rings. The molecule has 7 nitrogen and oxygen atoms in total. The van der Waals surface area contributed by atoms with Gasteiger partial charge in [0.2, 0.25) is 11.8 Å². The van der Waals surface area contributed by atoms with Crippen molar-refractivity contribution in [3.8, 4) is 11.5 Å². The number of imide groups is 1. The Balaban J connectivity index is 1.61. The van der Waals surface area contributed by atoms with E-state index < -0.39 is 5.97 Å². The maximum Gasteiger partial charge on any atom is 0.326 e. The van der Waals surface area contributed by atoms with Gasteiger partial charge in [0.15, 0.2) is 11.5 Å². The Morgan fingerprint density at radius 1 is 1.17 bits per heavy atom. The molecule has 128 valence electrons. The first-order valence-corrected chi connectivity index (χ1v) is 7.99. The number of carbonyl (C=O) groups excluding carboxylic acids is 3. The van der Waals surface area contributed by atoms with Gasteiger partial charge in [0.1, 0.15) is 13.2 Å². The highest BCUT2D eigenvalue weighted by Gasteiger charge is 2.30. The lowest BCUT2D eigenvalue weighted by atomic mass is 10.2. The van der Waals surface area contributed by atoms with Crippen molar-refractivity contribution in [3.05, 3.63) is 22.7 Å². The van der Waals surface area contributed by atoms with Crippen LogP contribution in [0.15, 0.2) is 12.1 Å². The second-order valence-electron chi connectivity index (χ2n) is 5.49. The van der Waals surface area contributed by atoms with Gasteiger partial charge in [-0.3, -0.25) is 19.3 Å². The van der Waals surface area contributed by atoms with Crippen LogP contribution in [-0.2, 0) is 25.7 Å². The lowest BCUT2D eigenvalue weighted by molar-refractivity contribution is -0.153. The third-order valence-electron chi connectivity index (χ3n) is 3.70. The zero-order valence-corrected chi connectivity index (χ0v) is 13.6. The normalized spacial score (nSPS) is 17.0. The zero-order chi connectivity index (χ0) is 17.1. The van der Waals surface area contributed by atoms with Gasteiger partial charge >= 0.3 is 5.97 Å². The smallest absolute Gasteiger partial charge is 0.326 e. The molecular formula is C16H16ClNO6. The zero-order valence-electron chi connectivity index (χ0n) is 12.9. The number of halogens is 1. The highest BCUT2D eigenvalue weighted by atomic mass is 35.5. The topological polar surface area (TPSA) is 82.1 Å². The van der Waals surface area contributed by atoms with Gasteiger partial charge in [-0.05, 0) is 17.7 Å². The molecular weight excluding hydrogens is 338 g/mol. The first-order valence-electron chi connectivity index (χ1n) is 7.61. The van der Waals surface area contributed by atoms with Crippen LogP contribution in [0.3, 0.4) is 0 Å². The summed E-state index contributed by atoms with van der Waals surface area (Å²) >= 11 is 6.17. The summed E-state index contributed by atoms with van der Waals surface area (Å²) in [7, 11) is 0. The third kappa shape index (κ3) is 3.62. The Labute approximate surface area is 143 Å². The van der Waals surface area contributed by atoms with Crippen molar-refractivity contribution in [2.24, 2.45) is 0 Å². The number of hydrogen-bond acceptors (Lipinski definition) is 6. The molecule has 0 radical (unpaired) electrons. The van der Waals surface area contributed by atoms with Crippen LogP contribution in [0.25, 0.3) is 0 Å². The molecule has 0 unspecified atom stereocenters. The van der Waals surface area contributed by atoms with Gasteiger partial charge in [-0.2, -0.15) is 0 Å². The number of esters is 1. The quantitative estimate of drug-likeness (QED) is 0.605. The van der Waals surface area contributed by atoms with Crippen molar-refractivity contribution in [2.75, 3.05) is 19.8 Å². The van der Waals surface area contributed by atoms with E-state index in [1.807, 2.05) is 0 Å². The average molecular weight is 354 g/mol. The van der Waals surface area contributed by atoms with Crippen molar-refractivity contribution in [2.45, 2.75) is 25.9 Å². The van der Waals surface area contributed by atoms with Crippen LogP contribution in [0, 0.1) is 0 Å². The third-order valence-corrected chi connectivity index (χ3v) is 3.98. The molecule has 3 rings (SSSR count). The summed E-state index contributed by atoms with van der Waals surface area (Å²) < 4.78 is 16.2. The maximum absolute atomic E-state index is 11.8. The lowest BCUT2D eigenvalue weighted by Gasteiger charge is -2.14. The van der Waals surface area contributed by atoms with E-state index in [9.17, 15) is 14.4 Å². The van der Waals surface area contributed by atoms with Crippen LogP contribution in [0.5, 0.6) is 11.5 Å². The van der Waals surface area contributed by atoms with E-state index in [1.165, 1.54) is 0 Å². The molecule has 8 heteroatoms. The summed E-state index contributed by atoms with van der Waals surface area (Å²) in [6.45, 7) is 0.645. The first-order chi connectivity index (χ1) is 11.5. The van der Waals surface area contributed by atoms with Crippen LogP contribution < -0.4 is 9.47 Å². The van der Waals surface area contributed by atoms with Crippen LogP contribution in [0.2, 0.25) is 5.02 Å². The number of amides is 2. The van der Waals surface area contributed by atoms with Gasteiger partial charge in [0.25, 0.3) is 0 Å². The summed E-state index contributed by atoms with van der Waals surface area (Å²) in [5.41, 5.74) is 0.636. The predicted octanol–water partition coefficient (Wildman–Crippen LogP) is 1.69. The van der Waals surface area contributed by atoms with Crippen molar-refractivity contribution < 1.29 is 28.6 Å². The van der Waals surface area contributed by atoms with Crippen molar-refractivity contribution in [3.63, 3.8) is 0 Å². The Morgan fingerprint density at radius 2 is 1.88 bits per heavy atom. The molecule has 2 heterocycles. The fraction of sp³-hybridized carbons (Fsp3) is 0.438. The molecule has 0 saturated carbocycles. The molecule has 1 fully saturated rings. The molecule has 0 bridgehead atoms. The molecule has 1 saturated heterocycles. The van der Waals surface area contributed by atoms with Crippen molar-refractivity contribution in [1.82, 2.24) is 4.90 Å². The molecule has 2 amide bonds. The number of rotatable bonds is 4. The molecule has 0 aliphatic carbocycles. The van der Waals surface area contributed by atoms with Crippen molar-refractivity contribution in [1.29, 1.82) is 0 Å². The van der Waals surface area contributed by atoms with Gasteiger partial charge in [-0.15, -0.1) is 0 Å². The van der Waals surface area contributed by atoms with Crippen molar-refractivity contribution >= 4 is 29.4 Å². The number of carbonyl (C=O) groups is 3. The number of fused-ring (bicyclic) bond motifs is 1. The highest BCUT2D eigenvalue weighted by Crippen LogP contribution is 2.38. The first kappa shape index (κ1) is 16.6. The van der Waals surface area contributed by atoms with E-state index in [0.29, 0.717) is 35.3 Å². The Morgan fingerprint density at radius 3 is 2.62 bits per heavy atom. The monoisotopic (exact) mass is 353 g/mol. The molecule has 2 aliphatic heterocycles. The fourth-order valence-corrected chi connectivity index (χ4v) is 2.79. The summed E-state index contributed by atoms with van der Waals surface area (Å²) in [5, 5.41) is 0.380. The molecule has 24 heavy (non-hydrogen) atoms. The Bertz CT molecular complexity index is 673. The Hall–Kier alpha value is -2.28. The number of ether oxygens (including phenoxy) is 3. The SMILES string of the molecule is O=C(CN1C(=O)CCC1=O)OCc1cc(Cl)c2c(c1)OCCCO2. The van der Waals surface area contributed by atoms with E-state index in [4.69, 9.17) is 25.8 Å². The molecule has 1 aromatic carbocycles. The van der Waals surface area contributed by atoms with Crippen LogP contribution in [0.4, 0.5) is 0 Å². The minimum atomic E-state index is -0.651. The van der Waals surface area contributed by atoms with E-state index in [0.717, 1.165) is 11.3 Å². The van der Waals surface area contributed by atoms with E-state index in [1.54, 1.807) is 12.1 Å². The molecule has 0 atom stereocenters.